The Morgan fingerprint density at radius 2 is 1.77 bits per heavy atom. The van der Waals surface area contributed by atoms with E-state index in [1.165, 1.54) is 6.92 Å². The van der Waals surface area contributed by atoms with Crippen molar-refractivity contribution in [2.75, 3.05) is 11.9 Å². The second kappa shape index (κ2) is 8.68. The smallest absolute Gasteiger partial charge is 0.339 e. The first-order valence-electron chi connectivity index (χ1n) is 10.4. The Kier molecular flexibility index (Phi) is 5.80. The molecule has 4 rings (SSSR count). The van der Waals surface area contributed by atoms with E-state index >= 15 is 0 Å². The standard InChI is InChI=1S/C25H24N2O4/c1-15-7-12-22-20(13-15)24(19-5-3-4-6-21(19)27-22)25(30)31-14-23(29)17-8-10-18(11-9-17)26-16(2)28/h7-13H,3-6,14H2,1-2H3,(H,26,28). The molecule has 31 heavy (non-hydrogen) atoms. The minimum Gasteiger partial charge on any atom is -0.454 e. The van der Waals surface area contributed by atoms with Crippen LogP contribution in [-0.4, -0.2) is 29.3 Å². The minimum absolute atomic E-state index is 0.184. The van der Waals surface area contributed by atoms with Crippen LogP contribution in [0.5, 0.6) is 0 Å². The normalized spacial score (nSPS) is 12.8. The summed E-state index contributed by atoms with van der Waals surface area (Å²) in [7, 11) is 0. The summed E-state index contributed by atoms with van der Waals surface area (Å²) in [5.74, 6) is -0.971. The Hall–Kier alpha value is -3.54. The number of hydrogen-bond acceptors (Lipinski definition) is 5. The van der Waals surface area contributed by atoms with Gasteiger partial charge in [-0.25, -0.2) is 4.79 Å². The first kappa shape index (κ1) is 20.7. The van der Waals surface area contributed by atoms with Gasteiger partial charge in [0.15, 0.2) is 12.4 Å². The van der Waals surface area contributed by atoms with E-state index in [4.69, 9.17) is 9.72 Å². The van der Waals surface area contributed by atoms with Crippen LogP contribution in [-0.2, 0) is 22.4 Å². The molecular weight excluding hydrogens is 392 g/mol. The molecule has 0 aliphatic heterocycles. The van der Waals surface area contributed by atoms with E-state index in [1.54, 1.807) is 24.3 Å². The summed E-state index contributed by atoms with van der Waals surface area (Å²) in [6.45, 7) is 3.05. The number of hydrogen-bond donors (Lipinski definition) is 1. The first-order chi connectivity index (χ1) is 14.9. The fourth-order valence-electron chi connectivity index (χ4n) is 4.00. The fourth-order valence-corrected chi connectivity index (χ4v) is 4.00. The van der Waals surface area contributed by atoms with Crippen LogP contribution in [0.2, 0.25) is 0 Å². The van der Waals surface area contributed by atoms with Gasteiger partial charge in [0.25, 0.3) is 0 Å². The molecule has 0 saturated carbocycles. The topological polar surface area (TPSA) is 85.4 Å². The molecule has 1 N–H and O–H groups in total. The lowest BCUT2D eigenvalue weighted by molar-refractivity contribution is -0.114. The van der Waals surface area contributed by atoms with Crippen molar-refractivity contribution in [2.45, 2.75) is 39.5 Å². The van der Waals surface area contributed by atoms with Crippen LogP contribution in [0.25, 0.3) is 10.9 Å². The molecule has 0 bridgehead atoms. The maximum absolute atomic E-state index is 13.1. The van der Waals surface area contributed by atoms with E-state index in [9.17, 15) is 14.4 Å². The summed E-state index contributed by atoms with van der Waals surface area (Å²) >= 11 is 0. The molecule has 1 aromatic heterocycles. The van der Waals surface area contributed by atoms with Gasteiger partial charge in [-0.1, -0.05) is 11.6 Å². The van der Waals surface area contributed by atoms with Crippen LogP contribution in [0.4, 0.5) is 5.69 Å². The van der Waals surface area contributed by atoms with Crippen LogP contribution >= 0.6 is 0 Å². The summed E-state index contributed by atoms with van der Waals surface area (Å²) in [4.78, 5) is 41.5. The Morgan fingerprint density at radius 3 is 2.52 bits per heavy atom. The number of fused-ring (bicyclic) bond motifs is 2. The van der Waals surface area contributed by atoms with Crippen LogP contribution in [0, 0.1) is 6.92 Å². The van der Waals surface area contributed by atoms with Gasteiger partial charge in [-0.15, -0.1) is 0 Å². The zero-order valence-electron chi connectivity index (χ0n) is 17.7. The number of ketones is 1. The fraction of sp³-hybridized carbons (Fsp3) is 0.280. The highest BCUT2D eigenvalue weighted by Crippen LogP contribution is 2.30. The number of nitrogens with one attached hydrogen (secondary N) is 1. The number of carbonyl (C=O) groups is 3. The SMILES string of the molecule is CC(=O)Nc1ccc(C(=O)COC(=O)c2c3c(nc4ccc(C)cc24)CCCC3)cc1. The molecule has 6 heteroatoms. The molecule has 0 radical (unpaired) electrons. The summed E-state index contributed by atoms with van der Waals surface area (Å²) in [5, 5.41) is 3.43. The molecule has 0 fully saturated rings. The van der Waals surface area contributed by atoms with E-state index in [1.807, 2.05) is 25.1 Å². The molecule has 1 amide bonds. The highest BCUT2D eigenvalue weighted by molar-refractivity contribution is 6.06. The summed E-state index contributed by atoms with van der Waals surface area (Å²) in [6.07, 6.45) is 3.69. The maximum Gasteiger partial charge on any atom is 0.339 e. The average molecular weight is 416 g/mol. The highest BCUT2D eigenvalue weighted by atomic mass is 16.5. The van der Waals surface area contributed by atoms with E-state index in [0.717, 1.165) is 53.4 Å². The lowest BCUT2D eigenvalue weighted by atomic mass is 9.89. The third-order valence-electron chi connectivity index (χ3n) is 5.48. The summed E-state index contributed by atoms with van der Waals surface area (Å²) in [6, 6.07) is 12.4. The van der Waals surface area contributed by atoms with Crippen molar-refractivity contribution < 1.29 is 19.1 Å². The van der Waals surface area contributed by atoms with Gasteiger partial charge in [0, 0.05) is 29.3 Å². The van der Waals surface area contributed by atoms with Crippen LogP contribution in [0.3, 0.4) is 0 Å². The van der Waals surface area contributed by atoms with Gasteiger partial charge in [-0.05, 0) is 74.6 Å². The Labute approximate surface area is 180 Å². The van der Waals surface area contributed by atoms with E-state index < -0.39 is 5.97 Å². The van der Waals surface area contributed by atoms with E-state index in [2.05, 4.69) is 5.32 Å². The van der Waals surface area contributed by atoms with Crippen molar-refractivity contribution in [3.8, 4) is 0 Å². The molecule has 158 valence electrons. The monoisotopic (exact) mass is 416 g/mol. The Morgan fingerprint density at radius 1 is 1.03 bits per heavy atom. The van der Waals surface area contributed by atoms with Gasteiger partial charge in [0.1, 0.15) is 0 Å². The number of benzene rings is 2. The number of aromatic nitrogens is 1. The van der Waals surface area contributed by atoms with E-state index in [-0.39, 0.29) is 18.3 Å². The average Bonchev–Trinajstić information content (AvgIpc) is 2.75. The number of esters is 1. The maximum atomic E-state index is 13.1. The summed E-state index contributed by atoms with van der Waals surface area (Å²) in [5.41, 5.74) is 5.27. The zero-order valence-corrected chi connectivity index (χ0v) is 17.7. The number of amides is 1. The molecule has 6 nitrogen and oxygen atoms in total. The molecule has 0 spiro atoms. The van der Waals surface area contributed by atoms with Gasteiger partial charge in [0.05, 0.1) is 11.1 Å². The number of anilines is 1. The predicted molar refractivity (Wildman–Crippen MR) is 118 cm³/mol. The molecule has 1 aliphatic rings. The summed E-state index contributed by atoms with van der Waals surface area (Å²) < 4.78 is 5.47. The van der Waals surface area contributed by atoms with Crippen LogP contribution in [0.1, 0.15) is 57.3 Å². The van der Waals surface area contributed by atoms with E-state index in [0.29, 0.717) is 16.8 Å². The Bertz CT molecular complexity index is 1180. The molecule has 0 atom stereocenters. The van der Waals surface area contributed by atoms with Gasteiger partial charge >= 0.3 is 5.97 Å². The second-order valence-electron chi connectivity index (χ2n) is 7.90. The molecule has 1 aliphatic carbocycles. The van der Waals surface area contributed by atoms with Gasteiger partial charge in [-0.2, -0.15) is 0 Å². The van der Waals surface area contributed by atoms with Crippen molar-refractivity contribution in [3.63, 3.8) is 0 Å². The number of pyridine rings is 1. The largest absolute Gasteiger partial charge is 0.454 e. The number of nitrogens with zero attached hydrogens (tertiary/aromatic N) is 1. The molecule has 0 unspecified atom stereocenters. The molecule has 2 aromatic carbocycles. The first-order valence-corrected chi connectivity index (χ1v) is 10.4. The number of carbonyl (C=O) groups excluding carboxylic acids is 3. The molecular formula is C25H24N2O4. The number of Topliss-reactive ketones (excluding diaryl/α,β-unsaturated/α-hetero) is 1. The van der Waals surface area contributed by atoms with Crippen molar-refractivity contribution in [2.24, 2.45) is 0 Å². The third kappa shape index (κ3) is 4.48. The van der Waals surface area contributed by atoms with Crippen LogP contribution in [0.15, 0.2) is 42.5 Å². The zero-order chi connectivity index (χ0) is 22.0. The van der Waals surface area contributed by atoms with Crippen LogP contribution < -0.4 is 5.32 Å². The second-order valence-corrected chi connectivity index (χ2v) is 7.90. The predicted octanol–water partition coefficient (Wildman–Crippen LogP) is 4.42. The quantitative estimate of drug-likeness (QED) is 0.492. The lowest BCUT2D eigenvalue weighted by Crippen LogP contribution is -2.19. The Balaban J connectivity index is 1.56. The minimum atomic E-state index is -0.487. The highest BCUT2D eigenvalue weighted by Gasteiger charge is 2.24. The molecule has 1 heterocycles. The lowest BCUT2D eigenvalue weighted by Gasteiger charge is -2.20. The number of rotatable bonds is 5. The van der Waals surface area contributed by atoms with Gasteiger partial charge in [-0.3, -0.25) is 14.6 Å². The van der Waals surface area contributed by atoms with Gasteiger partial charge < -0.3 is 10.1 Å². The van der Waals surface area contributed by atoms with Crippen molar-refractivity contribution in [3.05, 3.63) is 70.4 Å². The number of ether oxygens (including phenoxy) is 1. The van der Waals surface area contributed by atoms with Crippen molar-refractivity contribution in [1.82, 2.24) is 4.98 Å². The van der Waals surface area contributed by atoms with Crippen molar-refractivity contribution in [1.29, 1.82) is 0 Å². The molecule has 3 aromatic rings. The van der Waals surface area contributed by atoms with Gasteiger partial charge in [0.2, 0.25) is 5.91 Å². The third-order valence-corrected chi connectivity index (χ3v) is 5.48. The number of aryl methyl sites for hydroxylation is 2. The van der Waals surface area contributed by atoms with Crippen molar-refractivity contribution >= 4 is 34.3 Å². The molecule has 0 saturated heterocycles.